The van der Waals surface area contributed by atoms with E-state index < -0.39 is 41.5 Å². The molecule has 2 atom stereocenters. The van der Waals surface area contributed by atoms with Crippen LogP contribution in [0.5, 0.6) is 0 Å². The van der Waals surface area contributed by atoms with Crippen LogP contribution in [0.3, 0.4) is 0 Å². The molecular formula is C85H103N22O15+. The first-order valence-corrected chi connectivity index (χ1v) is 40.0. The number of Topliss-reactive ketones (excluding diaryl/α,β-unsaturated/α-hetero) is 8. The lowest BCUT2D eigenvalue weighted by Gasteiger charge is -2.36. The van der Waals surface area contributed by atoms with E-state index in [1.807, 2.05) is 14.1 Å². The molecule has 12 rings (SSSR count). The molecule has 37 nitrogen and oxygen atoms in total. The van der Waals surface area contributed by atoms with Crippen molar-refractivity contribution in [2.24, 2.45) is 63.4 Å². The molecule has 0 aliphatic carbocycles. The van der Waals surface area contributed by atoms with Crippen molar-refractivity contribution < 1.29 is 76.4 Å². The highest BCUT2D eigenvalue weighted by molar-refractivity contribution is 6.05. The average molecular weight is 1670 g/mol. The number of rotatable bonds is 45. The number of likely N-dealkylation sites (N-methyl/N-ethyl adjacent to an activating group) is 1. The van der Waals surface area contributed by atoms with Crippen molar-refractivity contribution >= 4 is 111 Å². The molecule has 9 aromatic heterocycles. The van der Waals surface area contributed by atoms with Crippen LogP contribution in [0.1, 0.15) is 207 Å². The zero-order valence-corrected chi connectivity index (χ0v) is 70.8. The third-order valence-corrected chi connectivity index (χ3v) is 21.1. The summed E-state index contributed by atoms with van der Waals surface area (Å²) in [5, 5.41) is 18.7. The van der Waals surface area contributed by atoms with Gasteiger partial charge in [0.05, 0.1) is 35.5 Å². The lowest BCUT2D eigenvalue weighted by molar-refractivity contribution is -0.830. The Balaban J connectivity index is 0.555. The number of imidazole rings is 4. The number of nitrogens with one attached hydrogen (secondary N) is 7. The summed E-state index contributed by atoms with van der Waals surface area (Å²) in [6.07, 6.45) is 22.2. The van der Waals surface area contributed by atoms with Gasteiger partial charge in [0.25, 0.3) is 29.5 Å². The number of hydrogen-bond donors (Lipinski definition) is 7. The fraction of sp³-hybridized carbons (Fsp3) is 0.400. The summed E-state index contributed by atoms with van der Waals surface area (Å²) >= 11 is 0. The molecule has 0 aromatic carbocycles. The largest absolute Gasteiger partial charge is 0.349 e. The highest BCUT2D eigenvalue weighted by Crippen LogP contribution is 2.43. The van der Waals surface area contributed by atoms with Gasteiger partial charge >= 0.3 is 0 Å². The van der Waals surface area contributed by atoms with Crippen LogP contribution in [0.4, 0.5) is 23.3 Å². The number of aryl methyl sites for hydroxylation is 9. The minimum Gasteiger partial charge on any atom is -0.349 e. The number of aromatic nitrogens is 13. The van der Waals surface area contributed by atoms with Gasteiger partial charge in [-0.05, 0) is 111 Å². The van der Waals surface area contributed by atoms with Gasteiger partial charge in [0.2, 0.25) is 41.2 Å². The standard InChI is InChI=1S/C85H102N22O15/c1-50(108)88-71-44-105(11)80(91-71)85(122)96-74-47-104(10)78(94-74)83(120)87-27-25-75(117)90-72-45-106(12)79(92-72)84(121)89-60-49-107(13)48-59(60)76(107)81(118)95-73-46-103(9)77(93-73)82(119)86-26-18-22-58(111)30-52-32-64(101(7)40-52)69(115)38-55-35-65(102(8)43-55)70(116)37-54-34-62(99(5)42-54)67(113)24-17-21-57(110)29-51-31-63(100(6)39-51)68(114)36-53-33-61(98(4)41-53)66(112)23-16-20-56(109)19-14-15-28-97(2)3/h31-35,39-49,76H,14-30,36-38H2,1-13H3,(H6-,86,87,88,89,90,95,96,108,117,118,119,120,121,122)/p+1. The number of hydrogen-bond acceptors (Lipinski definition) is 20. The molecule has 7 N–H and O–H groups in total. The first-order valence-electron chi connectivity index (χ1n) is 40.0. The summed E-state index contributed by atoms with van der Waals surface area (Å²) in [5.74, 6) is -4.52. The van der Waals surface area contributed by atoms with Crippen LogP contribution in [0.25, 0.3) is 0 Å². The molecule has 3 aliphatic heterocycles. The third-order valence-electron chi connectivity index (χ3n) is 21.1. The van der Waals surface area contributed by atoms with Gasteiger partial charge in [-0.25, -0.2) is 19.9 Å². The zero-order valence-electron chi connectivity index (χ0n) is 70.8. The van der Waals surface area contributed by atoms with Crippen LogP contribution in [-0.4, -0.2) is 205 Å². The molecule has 7 amide bonds. The van der Waals surface area contributed by atoms with Gasteiger partial charge in [0.1, 0.15) is 41.0 Å². The first kappa shape index (κ1) is 89.1. The van der Waals surface area contributed by atoms with E-state index in [4.69, 9.17) is 0 Å². The maximum atomic E-state index is 13.8. The van der Waals surface area contributed by atoms with Gasteiger partial charge in [-0.3, -0.25) is 76.4 Å². The SMILES string of the molecule is CC(=O)Nc1cn(C)c(C(=O)Nc2cn(C)c(C(=O)NCCC(=O)Nc3cn(C)c(C(=O)NC4=C[N+]5(C)C=C4C5C(=O)Nc4cn(C)c(C(=O)NCCCC(=O)Cc5cc(C(=O)Cc6cc(C(=O)Cc7cc(C(=O)CCCC(=O)Cc8cc(C(=O)Cc9cc(C(=O)CCCC(=O)CCCCN(C)C)n(C)c9)n(C)c8)n(C)c7)n(C)c6)n(C)c5)n4)n3)n2)n1. The Morgan fingerprint density at radius 1 is 0.361 bits per heavy atom. The molecule has 0 fully saturated rings. The monoisotopic (exact) mass is 1670 g/mol. The Morgan fingerprint density at radius 2 is 0.721 bits per heavy atom. The third kappa shape index (κ3) is 22.2. The molecule has 642 valence electrons. The molecule has 37 heteroatoms. The van der Waals surface area contributed by atoms with E-state index >= 15 is 0 Å². The molecule has 12 heterocycles. The van der Waals surface area contributed by atoms with Crippen LogP contribution < -0.4 is 37.2 Å². The highest BCUT2D eigenvalue weighted by Gasteiger charge is 2.56. The number of nitrogens with zero attached hydrogens (tertiary/aromatic N) is 15. The van der Waals surface area contributed by atoms with E-state index in [2.05, 4.69) is 62.1 Å². The minimum atomic E-state index is -0.779. The predicted octanol–water partition coefficient (Wildman–Crippen LogP) is 5.64. The highest BCUT2D eigenvalue weighted by atomic mass is 16.2. The van der Waals surface area contributed by atoms with Crippen molar-refractivity contribution in [3.63, 3.8) is 0 Å². The average Bonchev–Trinajstić information content (AvgIpc) is 1.55. The van der Waals surface area contributed by atoms with E-state index in [1.54, 1.807) is 167 Å². The van der Waals surface area contributed by atoms with Gasteiger partial charge in [0, 0.05) is 216 Å². The van der Waals surface area contributed by atoms with Crippen molar-refractivity contribution in [1.29, 1.82) is 0 Å². The van der Waals surface area contributed by atoms with Crippen LogP contribution >= 0.6 is 0 Å². The Hall–Kier alpha value is -13.7. The summed E-state index contributed by atoms with van der Waals surface area (Å²) in [6.45, 7) is 2.26. The maximum Gasteiger partial charge on any atom is 0.292 e. The lowest BCUT2D eigenvalue weighted by atomic mass is 9.99. The Kier molecular flexibility index (Phi) is 28.2. The molecule has 0 saturated carbocycles. The summed E-state index contributed by atoms with van der Waals surface area (Å²) in [6, 6.07) is 7.66. The smallest absolute Gasteiger partial charge is 0.292 e. The number of unbranched alkanes of at least 4 members (excludes halogenated alkanes) is 1. The van der Waals surface area contributed by atoms with Crippen LogP contribution in [-0.2, 0) is 124 Å². The second-order valence-electron chi connectivity index (χ2n) is 31.8. The summed E-state index contributed by atoms with van der Waals surface area (Å²) in [7, 11) is 20.7. The number of anilines is 4. The maximum absolute atomic E-state index is 13.8. The van der Waals surface area contributed by atoms with Crippen LogP contribution in [0.2, 0.25) is 0 Å². The second-order valence-corrected chi connectivity index (χ2v) is 31.8. The molecule has 0 radical (unpaired) electrons. The van der Waals surface area contributed by atoms with Crippen molar-refractivity contribution in [3.8, 4) is 0 Å². The first-order chi connectivity index (χ1) is 57.8. The van der Waals surface area contributed by atoms with Gasteiger partial charge in [0.15, 0.2) is 52.2 Å². The van der Waals surface area contributed by atoms with Gasteiger partial charge in [-0.2, -0.15) is 0 Å². The number of carbonyl (C=O) groups is 15. The minimum absolute atomic E-state index is 0.00470. The van der Waals surface area contributed by atoms with Crippen molar-refractivity contribution in [1.82, 2.24) is 81.9 Å². The van der Waals surface area contributed by atoms with Crippen LogP contribution in [0.15, 0.2) is 110 Å². The Bertz CT molecular complexity index is 5730. The fourth-order valence-corrected chi connectivity index (χ4v) is 15.2. The van der Waals surface area contributed by atoms with Gasteiger partial charge < -0.3 is 83.2 Å². The van der Waals surface area contributed by atoms with Crippen LogP contribution in [0, 0.1) is 0 Å². The Labute approximate surface area is 702 Å². The zero-order chi connectivity index (χ0) is 88.3. The van der Waals surface area contributed by atoms with E-state index in [1.165, 1.54) is 50.0 Å². The van der Waals surface area contributed by atoms with Gasteiger partial charge in [-0.15, -0.1) is 0 Å². The topological polar surface area (TPSA) is 439 Å². The van der Waals surface area contributed by atoms with Gasteiger partial charge in [-0.1, -0.05) is 0 Å². The number of carbonyl (C=O) groups excluding carboxylic acids is 15. The fourth-order valence-electron chi connectivity index (χ4n) is 15.2. The molecule has 2 unspecified atom stereocenters. The molecule has 0 spiro atoms. The van der Waals surface area contributed by atoms with E-state index in [9.17, 15) is 71.9 Å². The molecule has 3 aliphatic rings. The molecule has 122 heavy (non-hydrogen) atoms. The van der Waals surface area contributed by atoms with Crippen molar-refractivity contribution in [2.45, 2.75) is 122 Å². The molecule has 0 saturated heterocycles. The van der Waals surface area contributed by atoms with E-state index in [-0.39, 0.29) is 181 Å². The van der Waals surface area contributed by atoms with E-state index in [0.717, 1.165) is 19.4 Å². The second kappa shape index (κ2) is 38.6. The lowest BCUT2D eigenvalue weighted by Crippen LogP contribution is -2.54. The predicted molar refractivity (Wildman–Crippen MR) is 447 cm³/mol. The summed E-state index contributed by atoms with van der Waals surface area (Å²) < 4.78 is 14.0. The van der Waals surface area contributed by atoms with Crippen molar-refractivity contribution in [2.75, 3.05) is 62.0 Å². The number of amides is 7. The molecule has 9 aromatic rings. The molecule has 2 bridgehead atoms. The summed E-state index contributed by atoms with van der Waals surface area (Å²) in [4.78, 5) is 217. The number of quaternary nitrogens is 1. The quantitative estimate of drug-likeness (QED) is 0.0138. The Morgan fingerprint density at radius 3 is 1.16 bits per heavy atom. The van der Waals surface area contributed by atoms with Crippen molar-refractivity contribution in [3.05, 3.63) is 189 Å². The number of ketones is 8. The summed E-state index contributed by atoms with van der Waals surface area (Å²) in [5.41, 5.74) is 6.12. The van der Waals surface area contributed by atoms with E-state index in [0.29, 0.717) is 99.7 Å². The normalized spacial score (nSPS) is 13.9. The molecular weight excluding hydrogens is 1570 g/mol.